The Balaban J connectivity index is 1.75. The molecule has 5 aromatic rings. The van der Waals surface area contributed by atoms with Crippen LogP contribution in [0.3, 0.4) is 0 Å². The smallest absolute Gasteiger partial charge is 0.296 e. The van der Waals surface area contributed by atoms with E-state index in [-0.39, 0.29) is 22.9 Å². The fraction of sp³-hybridized carbons (Fsp3) is 0.152. The molecule has 5 aromatic carbocycles. The molecule has 5 rings (SSSR count). The third kappa shape index (κ3) is 10.6. The molecule has 29 heteroatoms. The van der Waals surface area contributed by atoms with Gasteiger partial charge in [0.25, 0.3) is 40.5 Å². The molecule has 0 aliphatic carbocycles. The number of aliphatic hydroxyl groups is 2. The number of anilines is 1. The Kier molecular flexibility index (Phi) is 13.6. The zero-order valence-electron chi connectivity index (χ0n) is 31.2. The molecule has 0 aromatic heterocycles. The molecular weight excluding hydrogens is 911 g/mol. The van der Waals surface area contributed by atoms with Gasteiger partial charge in [-0.05, 0) is 60.3 Å². The summed E-state index contributed by atoms with van der Waals surface area (Å²) < 4.78 is 149. The van der Waals surface area contributed by atoms with Crippen molar-refractivity contribution >= 4 is 91.1 Å². The third-order valence-corrected chi connectivity index (χ3v) is 11.5. The molecule has 0 radical (unpaired) electrons. The molecule has 62 heavy (non-hydrogen) atoms. The van der Waals surface area contributed by atoms with Crippen molar-refractivity contribution in [1.29, 1.82) is 0 Å². The van der Waals surface area contributed by atoms with Crippen molar-refractivity contribution in [2.24, 2.45) is 30.7 Å². The summed E-state index contributed by atoms with van der Waals surface area (Å²) in [7, 11) is -20.7. The monoisotopic (exact) mass is 941 g/mol. The van der Waals surface area contributed by atoms with Gasteiger partial charge in [0, 0.05) is 17.8 Å². The summed E-state index contributed by atoms with van der Waals surface area (Å²) in [4.78, 5) is -4.03. The molecule has 10 N–H and O–H groups in total. The molecule has 0 spiro atoms. The zero-order valence-corrected chi connectivity index (χ0v) is 34.4. The topological polar surface area (TPSA) is 417 Å². The van der Waals surface area contributed by atoms with Crippen LogP contribution in [-0.4, -0.2) is 98.7 Å². The largest absolute Gasteiger partial charge is 0.505 e. The summed E-state index contributed by atoms with van der Waals surface area (Å²) in [6, 6.07) is 9.72. The second kappa shape index (κ2) is 18.0. The fourth-order valence-corrected chi connectivity index (χ4v) is 8.01. The average molecular weight is 942 g/mol. The van der Waals surface area contributed by atoms with Crippen molar-refractivity contribution in [2.75, 3.05) is 32.2 Å². The minimum Gasteiger partial charge on any atom is -0.505 e. The number of aliphatic hydroxyl groups excluding tert-OH is 2. The zero-order chi connectivity index (χ0) is 45.9. The SMILES string of the molecule is Cc1ccc(N=Nc2c(S(=O)(=O)O)cc3cc(S(=O)(=O)O)c(N=Nc4cc(OCCO)c(N=Nc5ccc(N)cc5S(=O)(=O)O)cc4OCCO)c(O)c3c2O)c(S(=O)(=O)O)c1. The van der Waals surface area contributed by atoms with Crippen LogP contribution in [0, 0.1) is 6.92 Å². The Bertz CT molecular complexity index is 3160. The first-order valence-electron chi connectivity index (χ1n) is 16.7. The molecule has 0 aliphatic rings. The number of nitrogens with two attached hydrogens (primary N) is 1. The van der Waals surface area contributed by atoms with E-state index in [1.165, 1.54) is 19.1 Å². The van der Waals surface area contributed by atoms with Gasteiger partial charge in [-0.15, -0.1) is 30.7 Å². The van der Waals surface area contributed by atoms with E-state index in [9.17, 15) is 72.3 Å². The predicted octanol–water partition coefficient (Wildman–Crippen LogP) is 5.12. The lowest BCUT2D eigenvalue weighted by atomic mass is 10.1. The number of hydrogen-bond acceptors (Lipinski definition) is 21. The lowest BCUT2D eigenvalue weighted by Crippen LogP contribution is -2.04. The van der Waals surface area contributed by atoms with E-state index in [1.807, 2.05) is 0 Å². The molecule has 0 saturated carbocycles. The first-order valence-corrected chi connectivity index (χ1v) is 22.5. The van der Waals surface area contributed by atoms with Crippen molar-refractivity contribution in [2.45, 2.75) is 26.5 Å². The number of azo groups is 3. The van der Waals surface area contributed by atoms with Crippen molar-refractivity contribution in [1.82, 2.24) is 0 Å². The number of nitrogen functional groups attached to an aromatic ring is 1. The fourth-order valence-electron chi connectivity index (χ4n) is 5.33. The van der Waals surface area contributed by atoms with Crippen LogP contribution in [0.4, 0.5) is 39.8 Å². The van der Waals surface area contributed by atoms with E-state index in [2.05, 4.69) is 30.7 Å². The van der Waals surface area contributed by atoms with E-state index in [4.69, 9.17) is 15.2 Å². The normalized spacial score (nSPS) is 12.9. The molecule has 0 heterocycles. The predicted molar refractivity (Wildman–Crippen MR) is 213 cm³/mol. The molecule has 0 fully saturated rings. The Hall–Kier alpha value is -6.28. The van der Waals surface area contributed by atoms with Gasteiger partial charge in [0.05, 0.1) is 18.6 Å². The number of aromatic hydroxyl groups is 2. The van der Waals surface area contributed by atoms with Crippen molar-refractivity contribution in [3.8, 4) is 23.0 Å². The summed E-state index contributed by atoms with van der Waals surface area (Å²) in [5.41, 5.74) is 2.01. The maximum Gasteiger partial charge on any atom is 0.296 e. The standard InChI is InChI=1S/C33H31N7O18S4/c1-16-2-4-19(25(10-16)59(45,46)47)36-39-30-27(61(51,52)53)11-17-12-28(62(54,55)56)31(33(44)29(17)32(30)43)40-38-22-15-23(57-8-6-41)21(14-24(22)58-9-7-42)37-35-20-5-3-18(34)13-26(20)60(48,49)50/h2-5,10-15,41-44H,6-9,34H2,1H3,(H,45,46,47)(H,48,49,50)(H,51,52,53)(H,54,55,56). The summed E-state index contributed by atoms with van der Waals surface area (Å²) in [6.45, 7) is -0.541. The van der Waals surface area contributed by atoms with Crippen LogP contribution >= 0.6 is 0 Å². The Labute approximate surface area is 350 Å². The summed E-state index contributed by atoms with van der Waals surface area (Å²) in [5.74, 6) is -3.26. The number of phenolic OH excluding ortho intramolecular Hbond substituents is 2. The van der Waals surface area contributed by atoms with E-state index in [0.29, 0.717) is 17.7 Å². The minimum atomic E-state index is -5.44. The van der Waals surface area contributed by atoms with Gasteiger partial charge in [0.15, 0.2) is 11.5 Å². The number of benzene rings is 5. The van der Waals surface area contributed by atoms with Gasteiger partial charge in [0.1, 0.15) is 78.4 Å². The molecule has 0 bridgehead atoms. The number of hydrogen-bond donors (Lipinski definition) is 9. The highest BCUT2D eigenvalue weighted by Gasteiger charge is 2.29. The van der Waals surface area contributed by atoms with Crippen molar-refractivity contribution < 1.29 is 81.8 Å². The maximum absolute atomic E-state index is 12.6. The summed E-state index contributed by atoms with van der Waals surface area (Å²) in [5, 5.41) is 62.7. The van der Waals surface area contributed by atoms with Gasteiger partial charge in [-0.25, -0.2) is 0 Å². The van der Waals surface area contributed by atoms with E-state index < -0.39 is 137 Å². The van der Waals surface area contributed by atoms with E-state index in [0.717, 1.165) is 36.4 Å². The van der Waals surface area contributed by atoms with E-state index in [1.54, 1.807) is 0 Å². The second-order valence-electron chi connectivity index (χ2n) is 12.4. The number of ether oxygens (including phenoxy) is 2. The quantitative estimate of drug-likeness (QED) is 0.0352. The number of fused-ring (bicyclic) bond motifs is 1. The van der Waals surface area contributed by atoms with Crippen LogP contribution in [0.25, 0.3) is 10.8 Å². The lowest BCUT2D eigenvalue weighted by molar-refractivity contribution is 0.198. The van der Waals surface area contributed by atoms with Gasteiger partial charge in [-0.3, -0.25) is 18.2 Å². The Morgan fingerprint density at radius 1 is 0.516 bits per heavy atom. The molecule has 0 atom stereocenters. The summed E-state index contributed by atoms with van der Waals surface area (Å²) in [6.07, 6.45) is 0. The maximum atomic E-state index is 12.6. The van der Waals surface area contributed by atoms with Crippen LogP contribution in [0.2, 0.25) is 0 Å². The molecular formula is C33H31N7O18S4. The highest BCUT2D eigenvalue weighted by molar-refractivity contribution is 7.86. The van der Waals surface area contributed by atoms with Crippen LogP contribution in [0.5, 0.6) is 23.0 Å². The Morgan fingerprint density at radius 3 is 1.34 bits per heavy atom. The Morgan fingerprint density at radius 2 is 0.903 bits per heavy atom. The summed E-state index contributed by atoms with van der Waals surface area (Å²) >= 11 is 0. The van der Waals surface area contributed by atoms with Crippen LogP contribution in [0.15, 0.2) is 111 Å². The van der Waals surface area contributed by atoms with E-state index >= 15 is 0 Å². The number of aryl methyl sites for hydroxylation is 1. The molecule has 0 amide bonds. The van der Waals surface area contributed by atoms with Crippen molar-refractivity contribution in [3.63, 3.8) is 0 Å². The van der Waals surface area contributed by atoms with Crippen LogP contribution < -0.4 is 15.2 Å². The highest BCUT2D eigenvalue weighted by Crippen LogP contribution is 2.51. The third-order valence-electron chi connectivity index (χ3n) is 7.98. The van der Waals surface area contributed by atoms with Gasteiger partial charge >= 0.3 is 0 Å². The van der Waals surface area contributed by atoms with Crippen LogP contribution in [-0.2, 0) is 40.5 Å². The molecule has 0 unspecified atom stereocenters. The molecule has 25 nitrogen and oxygen atoms in total. The lowest BCUT2D eigenvalue weighted by Gasteiger charge is -2.14. The number of phenols is 2. The minimum absolute atomic E-state index is 0.0495. The number of nitrogens with zero attached hydrogens (tertiary/aromatic N) is 6. The molecule has 330 valence electrons. The first-order chi connectivity index (χ1) is 28.8. The highest BCUT2D eigenvalue weighted by atomic mass is 32.2. The number of rotatable bonds is 16. The van der Waals surface area contributed by atoms with Gasteiger partial charge in [-0.1, -0.05) is 6.07 Å². The van der Waals surface area contributed by atoms with Gasteiger partial charge < -0.3 is 35.6 Å². The second-order valence-corrected chi connectivity index (χ2v) is 17.9. The molecule has 0 saturated heterocycles. The first kappa shape index (κ1) is 46.8. The van der Waals surface area contributed by atoms with Crippen LogP contribution in [0.1, 0.15) is 5.56 Å². The average Bonchev–Trinajstić information content (AvgIpc) is 3.17. The van der Waals surface area contributed by atoms with Crippen molar-refractivity contribution in [3.05, 3.63) is 66.2 Å². The van der Waals surface area contributed by atoms with Gasteiger partial charge in [-0.2, -0.15) is 33.7 Å². The van der Waals surface area contributed by atoms with Gasteiger partial charge in [0.2, 0.25) is 0 Å². The molecule has 0 aliphatic heterocycles.